The summed E-state index contributed by atoms with van der Waals surface area (Å²) < 4.78 is 0. The zero-order chi connectivity index (χ0) is 17.2. The number of para-hydroxylation sites is 2. The summed E-state index contributed by atoms with van der Waals surface area (Å²) in [5.74, 6) is -0.258. The first-order valence-corrected chi connectivity index (χ1v) is 8.45. The summed E-state index contributed by atoms with van der Waals surface area (Å²) in [5.41, 5.74) is 2.19. The van der Waals surface area contributed by atoms with Gasteiger partial charge in [0.25, 0.3) is 5.91 Å². The minimum absolute atomic E-state index is 0.136. The van der Waals surface area contributed by atoms with E-state index in [2.05, 4.69) is 32.6 Å². The van der Waals surface area contributed by atoms with Gasteiger partial charge in [0.05, 0.1) is 6.04 Å². The molecule has 6 nitrogen and oxygen atoms in total. The second-order valence-electron chi connectivity index (χ2n) is 6.32. The molecular formula is C19H20N4O2. The molecule has 2 N–H and O–H groups in total. The topological polar surface area (TPSA) is 64.7 Å². The van der Waals surface area contributed by atoms with Crippen LogP contribution in [0, 0.1) is 0 Å². The monoisotopic (exact) mass is 336 g/mol. The largest absolute Gasteiger partial charge is 0.368 e. The highest BCUT2D eigenvalue weighted by atomic mass is 16.2. The number of benzene rings is 2. The lowest BCUT2D eigenvalue weighted by atomic mass is 10.0. The Hall–Kier alpha value is -3.02. The predicted molar refractivity (Wildman–Crippen MR) is 96.7 cm³/mol. The van der Waals surface area contributed by atoms with Gasteiger partial charge in [0.2, 0.25) is 0 Å². The van der Waals surface area contributed by atoms with Crippen LogP contribution in [0.5, 0.6) is 0 Å². The van der Waals surface area contributed by atoms with Gasteiger partial charge in [0, 0.05) is 31.0 Å². The van der Waals surface area contributed by atoms with Gasteiger partial charge >= 0.3 is 6.03 Å². The van der Waals surface area contributed by atoms with Gasteiger partial charge in [-0.05, 0) is 24.3 Å². The van der Waals surface area contributed by atoms with Gasteiger partial charge < -0.3 is 15.1 Å². The highest BCUT2D eigenvalue weighted by Gasteiger charge is 2.42. The van der Waals surface area contributed by atoms with Gasteiger partial charge in [-0.25, -0.2) is 4.79 Å². The number of hydrogen-bond acceptors (Lipinski definition) is 4. The number of urea groups is 1. The molecule has 2 aliphatic heterocycles. The Morgan fingerprint density at radius 1 is 0.840 bits per heavy atom. The van der Waals surface area contributed by atoms with Crippen molar-refractivity contribution in [1.82, 2.24) is 10.6 Å². The average Bonchev–Trinajstić information content (AvgIpc) is 3.01. The van der Waals surface area contributed by atoms with E-state index < -0.39 is 12.1 Å². The van der Waals surface area contributed by atoms with Crippen LogP contribution in [0.1, 0.15) is 0 Å². The minimum atomic E-state index is -0.556. The summed E-state index contributed by atoms with van der Waals surface area (Å²) >= 11 is 0. The molecule has 2 atom stereocenters. The Morgan fingerprint density at radius 2 is 1.48 bits per heavy atom. The SMILES string of the molecule is O=C1NC(=O)C(C2CN(c3ccccc3)CCN2c2ccccc2)N1. The second kappa shape index (κ2) is 6.47. The molecule has 2 heterocycles. The lowest BCUT2D eigenvalue weighted by Gasteiger charge is -2.45. The van der Waals surface area contributed by atoms with E-state index in [1.807, 2.05) is 48.5 Å². The van der Waals surface area contributed by atoms with Gasteiger partial charge in [-0.2, -0.15) is 0 Å². The molecule has 2 saturated heterocycles. The Bertz CT molecular complexity index is 766. The molecule has 2 aromatic carbocycles. The van der Waals surface area contributed by atoms with E-state index >= 15 is 0 Å². The molecule has 2 aliphatic rings. The van der Waals surface area contributed by atoms with Crippen LogP contribution in [0.15, 0.2) is 60.7 Å². The first kappa shape index (κ1) is 15.5. The predicted octanol–water partition coefficient (Wildman–Crippen LogP) is 1.59. The molecule has 2 aromatic rings. The number of hydrogen-bond donors (Lipinski definition) is 2. The molecule has 0 aromatic heterocycles. The molecule has 2 unspecified atom stereocenters. The van der Waals surface area contributed by atoms with Crippen molar-refractivity contribution in [3.63, 3.8) is 0 Å². The highest BCUT2D eigenvalue weighted by Crippen LogP contribution is 2.26. The van der Waals surface area contributed by atoms with E-state index in [1.54, 1.807) is 0 Å². The van der Waals surface area contributed by atoms with Gasteiger partial charge in [-0.3, -0.25) is 10.1 Å². The maximum absolute atomic E-state index is 12.3. The molecule has 0 radical (unpaired) electrons. The molecule has 128 valence electrons. The van der Waals surface area contributed by atoms with Crippen molar-refractivity contribution in [2.45, 2.75) is 12.1 Å². The third-order valence-electron chi connectivity index (χ3n) is 4.82. The van der Waals surface area contributed by atoms with Crippen LogP contribution in [0.25, 0.3) is 0 Å². The molecule has 0 bridgehead atoms. The smallest absolute Gasteiger partial charge is 0.322 e. The summed E-state index contributed by atoms with van der Waals surface area (Å²) in [6, 6.07) is 19.1. The first-order chi connectivity index (χ1) is 12.2. The van der Waals surface area contributed by atoms with E-state index in [0.29, 0.717) is 6.54 Å². The van der Waals surface area contributed by atoms with E-state index in [9.17, 15) is 9.59 Å². The van der Waals surface area contributed by atoms with Gasteiger partial charge in [-0.1, -0.05) is 36.4 Å². The number of nitrogens with zero attached hydrogens (tertiary/aromatic N) is 2. The van der Waals surface area contributed by atoms with Gasteiger partial charge in [0.15, 0.2) is 0 Å². The molecule has 0 aliphatic carbocycles. The van der Waals surface area contributed by atoms with Crippen molar-refractivity contribution >= 4 is 23.3 Å². The van der Waals surface area contributed by atoms with Crippen molar-refractivity contribution in [1.29, 1.82) is 0 Å². The fourth-order valence-corrected chi connectivity index (χ4v) is 3.61. The quantitative estimate of drug-likeness (QED) is 0.836. The molecule has 2 fully saturated rings. The van der Waals surface area contributed by atoms with Crippen molar-refractivity contribution in [3.8, 4) is 0 Å². The normalized spacial score (nSPS) is 23.4. The fourth-order valence-electron chi connectivity index (χ4n) is 3.61. The van der Waals surface area contributed by atoms with Crippen LogP contribution >= 0.6 is 0 Å². The summed E-state index contributed by atoms with van der Waals surface area (Å²) in [7, 11) is 0. The standard InChI is InChI=1S/C19H20N4O2/c24-18-17(20-19(25)21-18)16-13-22(14-7-3-1-4-8-14)11-12-23(16)15-9-5-2-6-10-15/h1-10,16-17H,11-13H2,(H2,20,21,24,25). The van der Waals surface area contributed by atoms with E-state index in [-0.39, 0.29) is 11.9 Å². The lowest BCUT2D eigenvalue weighted by molar-refractivity contribution is -0.120. The Balaban J connectivity index is 1.64. The van der Waals surface area contributed by atoms with E-state index in [0.717, 1.165) is 24.5 Å². The number of nitrogens with one attached hydrogen (secondary N) is 2. The Morgan fingerprint density at radius 3 is 2.08 bits per heavy atom. The van der Waals surface area contributed by atoms with Crippen LogP contribution in [0.3, 0.4) is 0 Å². The molecule has 0 spiro atoms. The van der Waals surface area contributed by atoms with Crippen LogP contribution in [0.4, 0.5) is 16.2 Å². The maximum Gasteiger partial charge on any atom is 0.322 e. The van der Waals surface area contributed by atoms with E-state index in [4.69, 9.17) is 0 Å². The van der Waals surface area contributed by atoms with E-state index in [1.165, 1.54) is 0 Å². The molecule has 0 saturated carbocycles. The number of carbonyl (C=O) groups excluding carboxylic acids is 2. The summed E-state index contributed by atoms with van der Waals surface area (Å²) in [6.07, 6.45) is 0. The number of rotatable bonds is 3. The maximum atomic E-state index is 12.3. The first-order valence-electron chi connectivity index (χ1n) is 8.45. The summed E-state index contributed by atoms with van der Waals surface area (Å²) in [6.45, 7) is 2.30. The fraction of sp³-hybridized carbons (Fsp3) is 0.263. The number of amides is 3. The van der Waals surface area contributed by atoms with Crippen LogP contribution < -0.4 is 20.4 Å². The Labute approximate surface area is 146 Å². The number of piperazine rings is 1. The van der Waals surface area contributed by atoms with Crippen molar-refractivity contribution in [2.24, 2.45) is 0 Å². The van der Waals surface area contributed by atoms with Crippen molar-refractivity contribution in [3.05, 3.63) is 60.7 Å². The second-order valence-corrected chi connectivity index (χ2v) is 6.32. The molecular weight excluding hydrogens is 316 g/mol. The number of imide groups is 1. The van der Waals surface area contributed by atoms with Crippen molar-refractivity contribution in [2.75, 3.05) is 29.4 Å². The van der Waals surface area contributed by atoms with Crippen LogP contribution in [-0.4, -0.2) is 43.7 Å². The summed E-state index contributed by atoms with van der Waals surface area (Å²) in [5, 5.41) is 5.13. The highest BCUT2D eigenvalue weighted by molar-refractivity contribution is 6.04. The Kier molecular flexibility index (Phi) is 4.01. The third-order valence-corrected chi connectivity index (χ3v) is 4.82. The molecule has 3 amide bonds. The zero-order valence-corrected chi connectivity index (χ0v) is 13.8. The lowest BCUT2D eigenvalue weighted by Crippen LogP contribution is -2.62. The van der Waals surface area contributed by atoms with Gasteiger partial charge in [0.1, 0.15) is 6.04 Å². The number of carbonyl (C=O) groups is 2. The molecule has 4 rings (SSSR count). The van der Waals surface area contributed by atoms with Gasteiger partial charge in [-0.15, -0.1) is 0 Å². The minimum Gasteiger partial charge on any atom is -0.368 e. The summed E-state index contributed by atoms with van der Waals surface area (Å²) in [4.78, 5) is 28.4. The molecule has 6 heteroatoms. The van der Waals surface area contributed by atoms with Crippen LogP contribution in [-0.2, 0) is 4.79 Å². The number of anilines is 2. The zero-order valence-electron chi connectivity index (χ0n) is 13.8. The molecule has 25 heavy (non-hydrogen) atoms. The van der Waals surface area contributed by atoms with Crippen LogP contribution in [0.2, 0.25) is 0 Å². The average molecular weight is 336 g/mol. The van der Waals surface area contributed by atoms with Crippen molar-refractivity contribution < 1.29 is 9.59 Å². The third kappa shape index (κ3) is 3.03.